The van der Waals surface area contributed by atoms with Gasteiger partial charge in [-0.1, -0.05) is 34.6 Å². The number of rotatable bonds is 9. The fourth-order valence-corrected chi connectivity index (χ4v) is 13.3. The van der Waals surface area contributed by atoms with Crippen LogP contribution in [0.4, 0.5) is 10.0 Å². The van der Waals surface area contributed by atoms with Gasteiger partial charge in [0.05, 0.1) is 23.0 Å². The standard InChI is InChI=1S/C37H28N6O2S5/c1-7-9-45-23-13-27(43-19(16-40)17-41)49-33(23)25-11-21-31(47-25)35-29(37(21,5)6)28-34(50-35)30-20(36(28,3)4)10-24(46-30)32-22(44-8-2)12-26(48-32)42-18(14-38)15-39/h10-13H,7-9H2,1-6H3. The van der Waals surface area contributed by atoms with Crippen LogP contribution < -0.4 is 9.47 Å². The van der Waals surface area contributed by atoms with Gasteiger partial charge in [0, 0.05) is 52.2 Å². The Bertz CT molecular complexity index is 2420. The summed E-state index contributed by atoms with van der Waals surface area (Å²) in [7, 11) is 0. The molecule has 2 aliphatic carbocycles. The van der Waals surface area contributed by atoms with Gasteiger partial charge in [0.25, 0.3) is 0 Å². The van der Waals surface area contributed by atoms with Gasteiger partial charge in [-0.15, -0.1) is 56.7 Å². The normalized spacial score (nSPS) is 13.9. The third-order valence-electron chi connectivity index (χ3n) is 8.83. The molecule has 13 heteroatoms. The maximum absolute atomic E-state index is 9.28. The molecule has 0 bridgehead atoms. The Kier molecular flexibility index (Phi) is 8.55. The SMILES string of the molecule is CCCOc1cc(N=C(C#N)C#N)sc1-c1cc2c(s1)-c1sc3c(c1C2(C)C)C(C)(C)c1cc(-c2sc(N=C(C#N)C#N)cc2OCC)sc1-3. The summed E-state index contributed by atoms with van der Waals surface area (Å²) in [5.74, 6) is 1.43. The minimum absolute atomic E-state index is 0.180. The highest BCUT2D eigenvalue weighted by atomic mass is 32.1. The van der Waals surface area contributed by atoms with Gasteiger partial charge in [-0.25, -0.2) is 9.98 Å². The highest BCUT2D eigenvalue weighted by molar-refractivity contribution is 7.31. The van der Waals surface area contributed by atoms with Gasteiger partial charge in [0.2, 0.25) is 11.4 Å². The van der Waals surface area contributed by atoms with Gasteiger partial charge in [0.1, 0.15) is 45.8 Å². The Labute approximate surface area is 310 Å². The number of aliphatic imine (C=N–C) groups is 2. The number of nitriles is 4. The Hall–Kier alpha value is -4.60. The van der Waals surface area contributed by atoms with Crippen LogP contribution in [0.15, 0.2) is 34.3 Å². The van der Waals surface area contributed by atoms with Crippen molar-refractivity contribution in [3.63, 3.8) is 0 Å². The molecule has 248 valence electrons. The Morgan fingerprint density at radius 3 is 1.44 bits per heavy atom. The second-order valence-electron chi connectivity index (χ2n) is 12.7. The first-order chi connectivity index (χ1) is 24.0. The number of ether oxygens (including phenoxy) is 2. The summed E-state index contributed by atoms with van der Waals surface area (Å²) in [5, 5.41) is 38.2. The number of nitrogens with zero attached hydrogens (tertiary/aromatic N) is 6. The highest BCUT2D eigenvalue weighted by Crippen LogP contribution is 2.67. The van der Waals surface area contributed by atoms with Crippen LogP contribution in [-0.2, 0) is 10.8 Å². The molecule has 50 heavy (non-hydrogen) atoms. The zero-order valence-electron chi connectivity index (χ0n) is 28.0. The summed E-state index contributed by atoms with van der Waals surface area (Å²) in [6.07, 6.45) is 0.855. The second-order valence-corrected chi connectivity index (χ2v) is 17.9. The average Bonchev–Trinajstić information content (AvgIpc) is 3.94. The highest BCUT2D eigenvalue weighted by Gasteiger charge is 2.50. The molecule has 2 aliphatic rings. The molecule has 0 saturated heterocycles. The molecule has 0 spiro atoms. The van der Waals surface area contributed by atoms with E-state index < -0.39 is 0 Å². The van der Waals surface area contributed by atoms with Crippen molar-refractivity contribution in [3.05, 3.63) is 46.5 Å². The molecular formula is C37H28N6O2S5. The number of hydrogen-bond acceptors (Lipinski definition) is 13. The van der Waals surface area contributed by atoms with Crippen LogP contribution in [-0.4, -0.2) is 24.6 Å². The molecule has 0 saturated carbocycles. The van der Waals surface area contributed by atoms with Crippen LogP contribution in [0.3, 0.4) is 0 Å². The van der Waals surface area contributed by atoms with E-state index in [0.29, 0.717) is 29.0 Å². The maximum Gasteiger partial charge on any atom is 0.219 e. The molecule has 5 aromatic rings. The van der Waals surface area contributed by atoms with Crippen molar-refractivity contribution in [3.8, 4) is 74.8 Å². The van der Waals surface area contributed by atoms with Crippen molar-refractivity contribution < 1.29 is 9.47 Å². The van der Waals surface area contributed by atoms with Crippen molar-refractivity contribution in [2.45, 2.75) is 58.8 Å². The van der Waals surface area contributed by atoms with Crippen LogP contribution in [0.1, 0.15) is 70.2 Å². The van der Waals surface area contributed by atoms with E-state index in [1.807, 2.05) is 54.7 Å². The lowest BCUT2D eigenvalue weighted by Crippen LogP contribution is -2.22. The van der Waals surface area contributed by atoms with Crippen molar-refractivity contribution >= 4 is 78.1 Å². The summed E-state index contributed by atoms with van der Waals surface area (Å²) < 4.78 is 12.1. The summed E-state index contributed by atoms with van der Waals surface area (Å²) in [4.78, 5) is 17.8. The molecule has 0 fully saturated rings. The molecule has 5 heterocycles. The van der Waals surface area contributed by atoms with Gasteiger partial charge < -0.3 is 9.47 Å². The smallest absolute Gasteiger partial charge is 0.219 e. The number of hydrogen-bond donors (Lipinski definition) is 0. The van der Waals surface area contributed by atoms with E-state index in [-0.39, 0.29) is 22.3 Å². The quantitative estimate of drug-likeness (QED) is 0.138. The van der Waals surface area contributed by atoms with Crippen molar-refractivity contribution in [2.24, 2.45) is 9.98 Å². The zero-order valence-corrected chi connectivity index (χ0v) is 32.1. The summed E-state index contributed by atoms with van der Waals surface area (Å²) in [6, 6.07) is 15.6. The zero-order chi connectivity index (χ0) is 35.5. The first kappa shape index (κ1) is 33.9. The lowest BCUT2D eigenvalue weighted by atomic mass is 9.74. The molecule has 0 radical (unpaired) electrons. The van der Waals surface area contributed by atoms with Crippen molar-refractivity contribution in [1.29, 1.82) is 21.0 Å². The lowest BCUT2D eigenvalue weighted by Gasteiger charge is -2.28. The topological polar surface area (TPSA) is 138 Å². The molecule has 0 aromatic carbocycles. The Balaban J connectivity index is 1.33. The van der Waals surface area contributed by atoms with E-state index in [0.717, 1.165) is 31.7 Å². The molecule has 0 N–H and O–H groups in total. The van der Waals surface area contributed by atoms with E-state index in [4.69, 9.17) is 9.47 Å². The predicted molar refractivity (Wildman–Crippen MR) is 205 cm³/mol. The predicted octanol–water partition coefficient (Wildman–Crippen LogP) is 11.4. The fraction of sp³-hybridized carbons (Fsp3) is 0.297. The molecule has 8 nitrogen and oxygen atoms in total. The molecule has 0 atom stereocenters. The van der Waals surface area contributed by atoms with Gasteiger partial charge in [-0.3, -0.25) is 0 Å². The number of fused-ring (bicyclic) bond motifs is 7. The van der Waals surface area contributed by atoms with Crippen LogP contribution >= 0.6 is 56.7 Å². The van der Waals surface area contributed by atoms with E-state index in [9.17, 15) is 21.0 Å². The van der Waals surface area contributed by atoms with Crippen LogP contribution in [0, 0.1) is 45.3 Å². The van der Waals surface area contributed by atoms with Gasteiger partial charge in [-0.05, 0) is 47.7 Å². The average molecular weight is 749 g/mol. The molecule has 0 aliphatic heterocycles. The minimum Gasteiger partial charge on any atom is -0.492 e. The van der Waals surface area contributed by atoms with E-state index in [2.05, 4.69) is 56.7 Å². The molecule has 0 unspecified atom stereocenters. The van der Waals surface area contributed by atoms with Crippen LogP contribution in [0.25, 0.3) is 39.0 Å². The van der Waals surface area contributed by atoms with Gasteiger partial charge in [0.15, 0.2) is 0 Å². The third-order valence-corrected chi connectivity index (χ3v) is 15.0. The van der Waals surface area contributed by atoms with Crippen molar-refractivity contribution in [1.82, 2.24) is 0 Å². The van der Waals surface area contributed by atoms with Crippen LogP contribution in [0.2, 0.25) is 0 Å². The van der Waals surface area contributed by atoms with Crippen molar-refractivity contribution in [2.75, 3.05) is 13.2 Å². The molecule has 7 rings (SSSR count). The van der Waals surface area contributed by atoms with E-state index >= 15 is 0 Å². The Morgan fingerprint density at radius 1 is 0.600 bits per heavy atom. The first-order valence-corrected chi connectivity index (χ1v) is 19.9. The monoisotopic (exact) mass is 748 g/mol. The summed E-state index contributed by atoms with van der Waals surface area (Å²) in [5.41, 5.74) is 4.57. The lowest BCUT2D eigenvalue weighted by molar-refractivity contribution is 0.320. The summed E-state index contributed by atoms with van der Waals surface area (Å²) >= 11 is 8.26. The van der Waals surface area contributed by atoms with Gasteiger partial charge in [-0.2, -0.15) is 21.0 Å². The summed E-state index contributed by atoms with van der Waals surface area (Å²) in [6.45, 7) is 14.3. The fourth-order valence-electron chi connectivity index (χ4n) is 6.61. The Morgan fingerprint density at radius 2 is 1.04 bits per heavy atom. The number of thiophene rings is 5. The van der Waals surface area contributed by atoms with Crippen LogP contribution in [0.5, 0.6) is 11.5 Å². The molecule has 5 aromatic heterocycles. The first-order valence-electron chi connectivity index (χ1n) is 15.8. The molecule has 0 amide bonds. The maximum atomic E-state index is 9.28. The van der Waals surface area contributed by atoms with E-state index in [1.54, 1.807) is 22.7 Å². The third kappa shape index (κ3) is 5.21. The van der Waals surface area contributed by atoms with Gasteiger partial charge >= 0.3 is 0 Å². The van der Waals surface area contributed by atoms with E-state index in [1.165, 1.54) is 64.4 Å². The molecular weight excluding hydrogens is 721 g/mol. The minimum atomic E-state index is -0.225. The largest absolute Gasteiger partial charge is 0.492 e. The second kappa shape index (κ2) is 12.6.